The molecule has 0 aliphatic carbocycles. The van der Waals surface area contributed by atoms with Crippen molar-refractivity contribution in [3.63, 3.8) is 0 Å². The van der Waals surface area contributed by atoms with E-state index in [2.05, 4.69) is 23.4 Å². The van der Waals surface area contributed by atoms with Gasteiger partial charge in [0.2, 0.25) is 0 Å². The minimum atomic E-state index is 0.433. The molecule has 2 N–H and O–H groups in total. The SMILES string of the molecule is CSc1nc(N)cn1C(C)C. The Morgan fingerprint density at radius 1 is 1.64 bits per heavy atom. The fourth-order valence-corrected chi connectivity index (χ4v) is 1.59. The number of thioether (sulfide) groups is 1. The fraction of sp³-hybridized carbons (Fsp3) is 0.571. The molecule has 0 fully saturated rings. The van der Waals surface area contributed by atoms with Gasteiger partial charge in [-0.2, -0.15) is 0 Å². The van der Waals surface area contributed by atoms with Crippen LogP contribution in [-0.4, -0.2) is 15.8 Å². The lowest BCUT2D eigenvalue weighted by Crippen LogP contribution is -1.99. The molecule has 0 spiro atoms. The fourth-order valence-electron chi connectivity index (χ4n) is 0.916. The number of aromatic nitrogens is 2. The van der Waals surface area contributed by atoms with Crippen molar-refractivity contribution in [3.8, 4) is 0 Å². The quantitative estimate of drug-likeness (QED) is 0.690. The molecule has 0 aromatic carbocycles. The van der Waals surface area contributed by atoms with Gasteiger partial charge in [-0.3, -0.25) is 0 Å². The highest BCUT2D eigenvalue weighted by molar-refractivity contribution is 7.98. The Morgan fingerprint density at radius 3 is 2.64 bits per heavy atom. The monoisotopic (exact) mass is 171 g/mol. The predicted octanol–water partition coefficient (Wildman–Crippen LogP) is 1.77. The van der Waals surface area contributed by atoms with Crippen LogP contribution in [0.2, 0.25) is 0 Å². The van der Waals surface area contributed by atoms with Crippen molar-refractivity contribution in [3.05, 3.63) is 6.20 Å². The van der Waals surface area contributed by atoms with Crippen molar-refractivity contribution in [1.82, 2.24) is 9.55 Å². The Hall–Kier alpha value is -0.640. The van der Waals surface area contributed by atoms with Crippen LogP contribution in [0.5, 0.6) is 0 Å². The van der Waals surface area contributed by atoms with Crippen LogP contribution in [0.1, 0.15) is 19.9 Å². The van der Waals surface area contributed by atoms with Crippen molar-refractivity contribution < 1.29 is 0 Å². The molecular formula is C7H13N3S. The van der Waals surface area contributed by atoms with Crippen LogP contribution in [0.4, 0.5) is 5.82 Å². The zero-order valence-electron chi connectivity index (χ0n) is 7.03. The molecule has 1 aromatic rings. The van der Waals surface area contributed by atoms with Crippen LogP contribution in [0.3, 0.4) is 0 Å². The molecule has 0 amide bonds. The molecule has 0 aliphatic rings. The van der Waals surface area contributed by atoms with Gasteiger partial charge in [-0.15, -0.1) is 0 Å². The van der Waals surface area contributed by atoms with E-state index in [9.17, 15) is 0 Å². The minimum absolute atomic E-state index is 0.433. The Morgan fingerprint density at radius 2 is 2.27 bits per heavy atom. The molecule has 1 rings (SSSR count). The standard InChI is InChI=1S/C7H13N3S/c1-5(2)10-4-6(8)9-7(10)11-3/h4-5H,8H2,1-3H3. The molecule has 0 saturated heterocycles. The normalized spacial score (nSPS) is 10.9. The van der Waals surface area contributed by atoms with Gasteiger partial charge in [0, 0.05) is 12.2 Å². The van der Waals surface area contributed by atoms with Crippen molar-refractivity contribution in [2.45, 2.75) is 25.0 Å². The van der Waals surface area contributed by atoms with Crippen molar-refractivity contribution in [2.24, 2.45) is 0 Å². The second-order valence-electron chi connectivity index (χ2n) is 2.65. The summed E-state index contributed by atoms with van der Waals surface area (Å²) in [4.78, 5) is 4.15. The smallest absolute Gasteiger partial charge is 0.170 e. The summed E-state index contributed by atoms with van der Waals surface area (Å²) in [6.07, 6.45) is 3.87. The molecule has 1 heterocycles. The first-order chi connectivity index (χ1) is 5.15. The number of nitrogens with two attached hydrogens (primary N) is 1. The van der Waals surface area contributed by atoms with Gasteiger partial charge in [0.15, 0.2) is 5.16 Å². The average Bonchev–Trinajstić information content (AvgIpc) is 2.30. The van der Waals surface area contributed by atoms with E-state index >= 15 is 0 Å². The summed E-state index contributed by atoms with van der Waals surface area (Å²) in [5, 5.41) is 0.984. The van der Waals surface area contributed by atoms with E-state index in [1.54, 1.807) is 11.8 Å². The maximum absolute atomic E-state index is 5.55. The van der Waals surface area contributed by atoms with Gasteiger partial charge < -0.3 is 10.3 Å². The van der Waals surface area contributed by atoms with Gasteiger partial charge in [-0.05, 0) is 20.1 Å². The highest BCUT2D eigenvalue weighted by atomic mass is 32.2. The molecule has 3 nitrogen and oxygen atoms in total. The highest BCUT2D eigenvalue weighted by Crippen LogP contribution is 2.19. The largest absolute Gasteiger partial charge is 0.382 e. The summed E-state index contributed by atoms with van der Waals surface area (Å²) in [6, 6.07) is 0.433. The third kappa shape index (κ3) is 1.68. The number of nitrogens with zero attached hydrogens (tertiary/aromatic N) is 2. The van der Waals surface area contributed by atoms with Gasteiger partial charge >= 0.3 is 0 Å². The van der Waals surface area contributed by atoms with Gasteiger partial charge in [-0.1, -0.05) is 11.8 Å². The van der Waals surface area contributed by atoms with Gasteiger partial charge in [-0.25, -0.2) is 4.98 Å². The summed E-state index contributed by atoms with van der Waals surface area (Å²) >= 11 is 1.62. The van der Waals surface area contributed by atoms with E-state index in [-0.39, 0.29) is 0 Å². The van der Waals surface area contributed by atoms with Crippen LogP contribution in [0.25, 0.3) is 0 Å². The lowest BCUT2D eigenvalue weighted by molar-refractivity contribution is 0.550. The average molecular weight is 171 g/mol. The van der Waals surface area contributed by atoms with Crippen LogP contribution >= 0.6 is 11.8 Å². The second-order valence-corrected chi connectivity index (χ2v) is 3.43. The summed E-state index contributed by atoms with van der Waals surface area (Å²) in [6.45, 7) is 4.22. The van der Waals surface area contributed by atoms with Crippen LogP contribution in [0, 0.1) is 0 Å². The molecule has 11 heavy (non-hydrogen) atoms. The van der Waals surface area contributed by atoms with E-state index in [1.807, 2.05) is 12.5 Å². The summed E-state index contributed by atoms with van der Waals surface area (Å²) in [5.74, 6) is 0.600. The van der Waals surface area contributed by atoms with Gasteiger partial charge in [0.1, 0.15) is 5.82 Å². The third-order valence-corrected chi connectivity index (χ3v) is 2.12. The number of rotatable bonds is 2. The molecule has 4 heteroatoms. The minimum Gasteiger partial charge on any atom is -0.382 e. The van der Waals surface area contributed by atoms with Crippen LogP contribution in [0.15, 0.2) is 11.4 Å². The zero-order valence-corrected chi connectivity index (χ0v) is 7.85. The third-order valence-electron chi connectivity index (χ3n) is 1.46. The molecule has 1 aromatic heterocycles. The summed E-state index contributed by atoms with van der Waals surface area (Å²) in [7, 11) is 0. The molecular weight excluding hydrogens is 158 g/mol. The van der Waals surface area contributed by atoms with E-state index in [1.165, 1.54) is 0 Å². The van der Waals surface area contributed by atoms with E-state index in [4.69, 9.17) is 5.73 Å². The lowest BCUT2D eigenvalue weighted by Gasteiger charge is -2.08. The maximum atomic E-state index is 5.55. The van der Waals surface area contributed by atoms with Crippen LogP contribution in [-0.2, 0) is 0 Å². The second kappa shape index (κ2) is 3.17. The number of hydrogen-bond acceptors (Lipinski definition) is 3. The summed E-state index contributed by atoms with van der Waals surface area (Å²) in [5.41, 5.74) is 5.55. The van der Waals surface area contributed by atoms with Crippen molar-refractivity contribution in [1.29, 1.82) is 0 Å². The molecule has 0 bridgehead atoms. The Bertz CT molecular complexity index is 242. The molecule has 0 radical (unpaired) electrons. The Kier molecular flexibility index (Phi) is 2.44. The van der Waals surface area contributed by atoms with Crippen molar-refractivity contribution in [2.75, 3.05) is 12.0 Å². The first kappa shape index (κ1) is 8.46. The number of hydrogen-bond donors (Lipinski definition) is 1. The molecule has 62 valence electrons. The van der Waals surface area contributed by atoms with E-state index in [0.29, 0.717) is 11.9 Å². The number of nitrogen functional groups attached to an aromatic ring is 1. The topological polar surface area (TPSA) is 43.8 Å². The molecule has 0 unspecified atom stereocenters. The van der Waals surface area contributed by atoms with Gasteiger partial charge in [0.05, 0.1) is 0 Å². The van der Waals surface area contributed by atoms with Crippen molar-refractivity contribution >= 4 is 17.6 Å². The first-order valence-corrected chi connectivity index (χ1v) is 4.76. The highest BCUT2D eigenvalue weighted by Gasteiger charge is 2.06. The maximum Gasteiger partial charge on any atom is 0.170 e. The number of anilines is 1. The van der Waals surface area contributed by atoms with Gasteiger partial charge in [0.25, 0.3) is 0 Å². The Balaban J connectivity index is 3.02. The first-order valence-electron chi connectivity index (χ1n) is 3.53. The lowest BCUT2D eigenvalue weighted by atomic mass is 10.4. The Labute approximate surface area is 71.0 Å². The number of imidazole rings is 1. The molecule has 0 aliphatic heterocycles. The molecule has 0 atom stereocenters. The molecule has 0 saturated carbocycles. The predicted molar refractivity (Wildman–Crippen MR) is 48.8 cm³/mol. The van der Waals surface area contributed by atoms with E-state index < -0.39 is 0 Å². The summed E-state index contributed by atoms with van der Waals surface area (Å²) < 4.78 is 2.07. The van der Waals surface area contributed by atoms with Crippen LogP contribution < -0.4 is 5.73 Å². The zero-order chi connectivity index (χ0) is 8.43. The van der Waals surface area contributed by atoms with E-state index in [0.717, 1.165) is 5.16 Å².